The lowest BCUT2D eigenvalue weighted by molar-refractivity contribution is -0.116. The van der Waals surface area contributed by atoms with Crippen LogP contribution in [0.1, 0.15) is 0 Å². The molecule has 3 N–H and O–H groups in total. The minimum absolute atomic E-state index is 0.0825. The third kappa shape index (κ3) is 3.61. The summed E-state index contributed by atoms with van der Waals surface area (Å²) in [4.78, 5) is 23.5. The Balaban J connectivity index is 2.11. The van der Waals surface area contributed by atoms with Gasteiger partial charge in [-0.3, -0.25) is 9.59 Å². The fourth-order valence-electron chi connectivity index (χ4n) is 1.60. The molecule has 1 amide bonds. The van der Waals surface area contributed by atoms with Gasteiger partial charge in [-0.25, -0.2) is 0 Å². The first-order valence-corrected chi connectivity index (χ1v) is 6.83. The van der Waals surface area contributed by atoms with Crippen LogP contribution >= 0.6 is 27.5 Å². The molecular weight excluding hydrogens is 346 g/mol. The van der Waals surface area contributed by atoms with Gasteiger partial charge in [0.2, 0.25) is 5.91 Å². The summed E-state index contributed by atoms with van der Waals surface area (Å²) in [5.41, 5.74) is 6.30. The van der Waals surface area contributed by atoms with Crippen molar-refractivity contribution in [2.75, 3.05) is 11.1 Å². The molecule has 0 atom stereocenters. The highest BCUT2D eigenvalue weighted by Gasteiger charge is 2.06. The van der Waals surface area contributed by atoms with Crippen molar-refractivity contribution < 1.29 is 4.79 Å². The number of hydrogen-bond acceptors (Lipinski definition) is 3. The average Bonchev–Trinajstić information content (AvgIpc) is 2.38. The zero-order chi connectivity index (χ0) is 14.7. The van der Waals surface area contributed by atoms with Gasteiger partial charge in [0, 0.05) is 22.4 Å². The molecule has 20 heavy (non-hydrogen) atoms. The van der Waals surface area contributed by atoms with Crippen molar-refractivity contribution >= 4 is 44.8 Å². The summed E-state index contributed by atoms with van der Waals surface area (Å²) >= 11 is 9.04. The zero-order valence-corrected chi connectivity index (χ0v) is 12.6. The normalized spacial score (nSPS) is 10.3. The van der Waals surface area contributed by atoms with Crippen LogP contribution in [0.25, 0.3) is 0 Å². The Bertz CT molecular complexity index is 715. The van der Waals surface area contributed by atoms with Crippen LogP contribution in [0.5, 0.6) is 0 Å². The van der Waals surface area contributed by atoms with E-state index in [4.69, 9.17) is 17.3 Å². The molecule has 0 fully saturated rings. The summed E-state index contributed by atoms with van der Waals surface area (Å²) in [6, 6.07) is 7.80. The lowest BCUT2D eigenvalue weighted by Gasteiger charge is -2.08. The molecule has 104 valence electrons. The van der Waals surface area contributed by atoms with E-state index in [0.29, 0.717) is 16.4 Å². The van der Waals surface area contributed by atoms with E-state index in [0.717, 1.165) is 4.47 Å². The van der Waals surface area contributed by atoms with Crippen molar-refractivity contribution in [3.05, 3.63) is 56.4 Å². The Labute approximate surface area is 128 Å². The van der Waals surface area contributed by atoms with Crippen molar-refractivity contribution in [3.8, 4) is 0 Å². The summed E-state index contributed by atoms with van der Waals surface area (Å²) in [5.74, 6) is -0.327. The summed E-state index contributed by atoms with van der Waals surface area (Å²) in [5, 5.41) is 3.07. The second-order valence-electron chi connectivity index (χ2n) is 4.10. The smallest absolute Gasteiger partial charge is 0.251 e. The van der Waals surface area contributed by atoms with Gasteiger partial charge in [-0.05, 0) is 40.2 Å². The molecule has 0 aliphatic heterocycles. The molecule has 0 bridgehead atoms. The van der Waals surface area contributed by atoms with Gasteiger partial charge in [0.1, 0.15) is 6.54 Å². The number of hydrogen-bond donors (Lipinski definition) is 2. The van der Waals surface area contributed by atoms with Crippen LogP contribution in [0.15, 0.2) is 45.8 Å². The lowest BCUT2D eigenvalue weighted by atomic mass is 10.3. The average molecular weight is 357 g/mol. The van der Waals surface area contributed by atoms with Crippen molar-refractivity contribution in [2.24, 2.45) is 0 Å². The SMILES string of the molecule is Nc1cc(NC(=O)Cn2cc(Br)ccc2=O)ccc1Cl. The van der Waals surface area contributed by atoms with Crippen LogP contribution in [0, 0.1) is 0 Å². The second kappa shape index (κ2) is 6.11. The highest BCUT2D eigenvalue weighted by molar-refractivity contribution is 9.10. The maximum atomic E-state index is 11.9. The van der Waals surface area contributed by atoms with E-state index in [1.165, 1.54) is 10.6 Å². The molecule has 1 aromatic heterocycles. The number of nitrogens with one attached hydrogen (secondary N) is 1. The Kier molecular flexibility index (Phi) is 4.46. The number of carbonyl (C=O) groups excluding carboxylic acids is 1. The number of anilines is 2. The van der Waals surface area contributed by atoms with E-state index in [2.05, 4.69) is 21.2 Å². The number of carbonyl (C=O) groups is 1. The standard InChI is InChI=1S/C13H11BrClN3O2/c14-8-1-4-13(20)18(6-8)7-12(19)17-9-2-3-10(15)11(16)5-9/h1-6H,7,16H2,(H,17,19). The number of pyridine rings is 1. The monoisotopic (exact) mass is 355 g/mol. The summed E-state index contributed by atoms with van der Waals surface area (Å²) in [6.45, 7) is -0.0825. The second-order valence-corrected chi connectivity index (χ2v) is 5.42. The van der Waals surface area contributed by atoms with Crippen LogP contribution in [0.2, 0.25) is 5.02 Å². The molecule has 0 aliphatic rings. The van der Waals surface area contributed by atoms with E-state index in [1.54, 1.807) is 30.5 Å². The molecule has 0 saturated carbocycles. The summed E-state index contributed by atoms with van der Waals surface area (Å²) in [7, 11) is 0. The summed E-state index contributed by atoms with van der Waals surface area (Å²) in [6.07, 6.45) is 1.55. The number of amides is 1. The number of nitrogen functional groups attached to an aromatic ring is 1. The molecule has 0 aliphatic carbocycles. The molecule has 7 heteroatoms. The van der Waals surface area contributed by atoms with Crippen molar-refractivity contribution in [2.45, 2.75) is 6.54 Å². The molecule has 0 radical (unpaired) electrons. The minimum Gasteiger partial charge on any atom is -0.397 e. The highest BCUT2D eigenvalue weighted by atomic mass is 79.9. The number of benzene rings is 1. The van der Waals surface area contributed by atoms with Gasteiger partial charge in [-0.15, -0.1) is 0 Å². The van der Waals surface area contributed by atoms with Crippen LogP contribution in [-0.2, 0) is 11.3 Å². The van der Waals surface area contributed by atoms with E-state index in [-0.39, 0.29) is 18.0 Å². The minimum atomic E-state index is -0.327. The van der Waals surface area contributed by atoms with Gasteiger partial charge >= 0.3 is 0 Å². The van der Waals surface area contributed by atoms with Crippen molar-refractivity contribution in [3.63, 3.8) is 0 Å². The number of halogens is 2. The van der Waals surface area contributed by atoms with Crippen molar-refractivity contribution in [1.29, 1.82) is 0 Å². The maximum absolute atomic E-state index is 11.9. The first-order valence-electron chi connectivity index (χ1n) is 5.66. The van der Waals surface area contributed by atoms with Gasteiger partial charge in [-0.2, -0.15) is 0 Å². The van der Waals surface area contributed by atoms with Crippen LogP contribution < -0.4 is 16.6 Å². The molecule has 1 aromatic carbocycles. The van der Waals surface area contributed by atoms with E-state index in [1.807, 2.05) is 0 Å². The first kappa shape index (κ1) is 14.6. The van der Waals surface area contributed by atoms with Crippen LogP contribution in [0.4, 0.5) is 11.4 Å². The van der Waals surface area contributed by atoms with Crippen LogP contribution in [0.3, 0.4) is 0 Å². The summed E-state index contributed by atoms with van der Waals surface area (Å²) < 4.78 is 2.03. The predicted molar refractivity (Wildman–Crippen MR) is 82.9 cm³/mol. The maximum Gasteiger partial charge on any atom is 0.251 e. The highest BCUT2D eigenvalue weighted by Crippen LogP contribution is 2.22. The topological polar surface area (TPSA) is 77.1 Å². The molecule has 2 rings (SSSR count). The number of rotatable bonds is 3. The Morgan fingerprint density at radius 1 is 1.35 bits per heavy atom. The quantitative estimate of drug-likeness (QED) is 0.830. The number of nitrogens with two attached hydrogens (primary N) is 1. The number of aromatic nitrogens is 1. The van der Waals surface area contributed by atoms with Crippen LogP contribution in [-0.4, -0.2) is 10.5 Å². The zero-order valence-electron chi connectivity index (χ0n) is 10.3. The van der Waals surface area contributed by atoms with Gasteiger partial charge in [-0.1, -0.05) is 11.6 Å². The fourth-order valence-corrected chi connectivity index (χ4v) is 2.10. The molecular formula is C13H11BrClN3O2. The lowest BCUT2D eigenvalue weighted by Crippen LogP contribution is -2.26. The fraction of sp³-hybridized carbons (Fsp3) is 0.0769. The van der Waals surface area contributed by atoms with E-state index < -0.39 is 0 Å². The Morgan fingerprint density at radius 3 is 2.80 bits per heavy atom. The molecule has 2 aromatic rings. The number of nitrogens with zero attached hydrogens (tertiary/aromatic N) is 1. The third-order valence-corrected chi connectivity index (χ3v) is 3.35. The molecule has 1 heterocycles. The van der Waals surface area contributed by atoms with Crippen molar-refractivity contribution in [1.82, 2.24) is 4.57 Å². The van der Waals surface area contributed by atoms with E-state index in [9.17, 15) is 9.59 Å². The predicted octanol–water partition coefficient (Wildman–Crippen LogP) is 2.49. The van der Waals surface area contributed by atoms with Gasteiger partial charge in [0.15, 0.2) is 0 Å². The largest absolute Gasteiger partial charge is 0.397 e. The Morgan fingerprint density at radius 2 is 2.10 bits per heavy atom. The first-order chi connectivity index (χ1) is 9.45. The van der Waals surface area contributed by atoms with E-state index >= 15 is 0 Å². The molecule has 0 unspecified atom stereocenters. The Hall–Kier alpha value is -1.79. The third-order valence-electron chi connectivity index (χ3n) is 2.54. The molecule has 0 spiro atoms. The molecule has 0 saturated heterocycles. The van der Waals surface area contributed by atoms with Gasteiger partial charge < -0.3 is 15.6 Å². The van der Waals surface area contributed by atoms with Gasteiger partial charge in [0.25, 0.3) is 5.56 Å². The van der Waals surface area contributed by atoms with Gasteiger partial charge in [0.05, 0.1) is 10.7 Å². The molecule has 5 nitrogen and oxygen atoms in total.